The van der Waals surface area contributed by atoms with Crippen molar-refractivity contribution >= 4 is 38.2 Å². The molecule has 2 heterocycles. The quantitative estimate of drug-likeness (QED) is 0.435. The number of aromatic nitrogens is 2. The van der Waals surface area contributed by atoms with E-state index in [4.69, 9.17) is 0 Å². The predicted octanol–water partition coefficient (Wildman–Crippen LogP) is 5.91. The fraction of sp³-hybridized carbons (Fsp3) is 0.417. The van der Waals surface area contributed by atoms with Gasteiger partial charge < -0.3 is 15.3 Å². The first kappa shape index (κ1) is 22.6. The molecule has 2 N–H and O–H groups in total. The van der Waals surface area contributed by atoms with Crippen molar-refractivity contribution in [3.8, 4) is 17.0 Å². The van der Waals surface area contributed by atoms with Gasteiger partial charge in [-0.25, -0.2) is 0 Å². The Morgan fingerprint density at radius 2 is 1.78 bits per heavy atom. The molecule has 1 fully saturated rings. The fourth-order valence-electron chi connectivity index (χ4n) is 4.97. The van der Waals surface area contributed by atoms with Gasteiger partial charge in [-0.1, -0.05) is 6.07 Å². The number of nitrogens with one attached hydrogen (secondary N) is 1. The Morgan fingerprint density at radius 1 is 1.09 bits per heavy atom. The summed E-state index contributed by atoms with van der Waals surface area (Å²) in [5.41, 5.74) is 1.54. The third kappa shape index (κ3) is 4.34. The van der Waals surface area contributed by atoms with E-state index in [-0.39, 0.29) is 16.8 Å². The third-order valence-electron chi connectivity index (χ3n) is 6.15. The van der Waals surface area contributed by atoms with Crippen LogP contribution in [0.2, 0.25) is 0 Å². The lowest BCUT2D eigenvalue weighted by Gasteiger charge is -2.49. The first-order valence-electron chi connectivity index (χ1n) is 10.6. The maximum absolute atomic E-state index is 10.9. The summed E-state index contributed by atoms with van der Waals surface area (Å²) in [5, 5.41) is 27.8. The Hall–Kier alpha value is -2.58. The minimum absolute atomic E-state index is 0.0401. The third-order valence-corrected chi connectivity index (χ3v) is 6.99. The van der Waals surface area contributed by atoms with Crippen molar-refractivity contribution in [3.05, 3.63) is 45.8 Å². The molecule has 8 heteroatoms. The normalized spacial score (nSPS) is 17.9. The highest BCUT2D eigenvalue weighted by atomic mass is 79.9. The lowest BCUT2D eigenvalue weighted by atomic mass is 9.79. The minimum atomic E-state index is 0.0401. The van der Waals surface area contributed by atoms with Gasteiger partial charge in [-0.15, -0.1) is 15.1 Å². The molecule has 0 amide bonds. The molecule has 0 spiro atoms. The number of benzene rings is 2. The Bertz CT molecular complexity index is 1160. The molecule has 2 aromatic carbocycles. The molecular formula is C24H28BrN5O2. The van der Waals surface area contributed by atoms with Crippen molar-refractivity contribution in [2.75, 3.05) is 11.9 Å². The predicted molar refractivity (Wildman–Crippen MR) is 133 cm³/mol. The van der Waals surface area contributed by atoms with E-state index < -0.39 is 0 Å². The number of fused-ring (bicyclic) bond motifs is 1. The van der Waals surface area contributed by atoms with Crippen LogP contribution >= 0.6 is 15.9 Å². The van der Waals surface area contributed by atoms with Crippen LogP contribution in [0.15, 0.2) is 46.0 Å². The molecule has 4 rings (SSSR count). The number of rotatable bonds is 4. The summed E-state index contributed by atoms with van der Waals surface area (Å²) in [6.07, 6.45) is 2.02. The van der Waals surface area contributed by atoms with E-state index in [0.29, 0.717) is 32.8 Å². The second-order valence-electron chi connectivity index (χ2n) is 9.92. The molecule has 1 saturated heterocycles. The van der Waals surface area contributed by atoms with Crippen molar-refractivity contribution in [2.45, 2.75) is 57.7 Å². The van der Waals surface area contributed by atoms with E-state index in [9.17, 15) is 10.0 Å². The topological polar surface area (TPSA) is 90.7 Å². The fourth-order valence-corrected chi connectivity index (χ4v) is 5.52. The zero-order valence-corrected chi connectivity index (χ0v) is 20.6. The summed E-state index contributed by atoms with van der Waals surface area (Å²) >= 11 is 3.39. The van der Waals surface area contributed by atoms with Gasteiger partial charge in [-0.3, -0.25) is 0 Å². The zero-order valence-electron chi connectivity index (χ0n) is 19.0. The number of halogens is 1. The Labute approximate surface area is 196 Å². The van der Waals surface area contributed by atoms with Crippen LogP contribution in [0.1, 0.15) is 40.5 Å². The van der Waals surface area contributed by atoms with Crippen molar-refractivity contribution < 1.29 is 5.11 Å². The number of nitroso groups, excluding NO2 is 1. The average molecular weight is 498 g/mol. The molecule has 1 aliphatic heterocycles. The first-order valence-corrected chi connectivity index (χ1v) is 11.4. The van der Waals surface area contributed by atoms with Crippen LogP contribution in [0.4, 0.5) is 11.5 Å². The van der Waals surface area contributed by atoms with Gasteiger partial charge in [-0.2, -0.15) is 0 Å². The Balaban J connectivity index is 1.63. The van der Waals surface area contributed by atoms with Gasteiger partial charge in [0.1, 0.15) is 11.4 Å². The number of piperidine rings is 1. The van der Waals surface area contributed by atoms with E-state index in [1.54, 1.807) is 18.2 Å². The molecule has 0 atom stereocenters. The molecule has 0 aliphatic carbocycles. The summed E-state index contributed by atoms with van der Waals surface area (Å²) in [6.45, 7) is 8.94. The summed E-state index contributed by atoms with van der Waals surface area (Å²) in [5.74, 6) is 0.871. The largest absolute Gasteiger partial charge is 0.507 e. The summed E-state index contributed by atoms with van der Waals surface area (Å²) in [4.78, 5) is 13.1. The number of hydrogen-bond donors (Lipinski definition) is 2. The molecular weight excluding hydrogens is 470 g/mol. The lowest BCUT2D eigenvalue weighted by Crippen LogP contribution is -2.62. The van der Waals surface area contributed by atoms with Crippen molar-refractivity contribution in [1.29, 1.82) is 0 Å². The van der Waals surface area contributed by atoms with Crippen molar-refractivity contribution in [3.63, 3.8) is 0 Å². The van der Waals surface area contributed by atoms with E-state index in [1.165, 1.54) is 0 Å². The Morgan fingerprint density at radius 3 is 2.38 bits per heavy atom. The highest BCUT2D eigenvalue weighted by molar-refractivity contribution is 9.10. The molecule has 0 saturated carbocycles. The van der Waals surface area contributed by atoms with Crippen LogP contribution in [0.25, 0.3) is 22.0 Å². The van der Waals surface area contributed by atoms with Crippen LogP contribution in [-0.2, 0) is 0 Å². The van der Waals surface area contributed by atoms with Crippen LogP contribution in [-0.4, -0.2) is 39.5 Å². The summed E-state index contributed by atoms with van der Waals surface area (Å²) in [6, 6.07) is 11.1. The molecule has 0 bridgehead atoms. The highest BCUT2D eigenvalue weighted by Crippen LogP contribution is 2.39. The molecule has 0 unspecified atom stereocenters. The van der Waals surface area contributed by atoms with E-state index >= 15 is 0 Å². The second kappa shape index (κ2) is 8.08. The van der Waals surface area contributed by atoms with Crippen LogP contribution in [0.5, 0.6) is 5.75 Å². The van der Waals surface area contributed by atoms with Crippen LogP contribution in [0, 0.1) is 4.91 Å². The van der Waals surface area contributed by atoms with E-state index in [1.807, 2.05) is 18.2 Å². The van der Waals surface area contributed by atoms with Crippen molar-refractivity contribution in [2.24, 2.45) is 5.18 Å². The maximum atomic E-state index is 10.9. The zero-order chi connectivity index (χ0) is 23.3. The maximum Gasteiger partial charge on any atom is 0.151 e. The number of phenols is 1. The second-order valence-corrected chi connectivity index (χ2v) is 10.7. The van der Waals surface area contributed by atoms with E-state index in [0.717, 1.165) is 24.0 Å². The monoisotopic (exact) mass is 497 g/mol. The molecule has 168 valence electrons. The van der Waals surface area contributed by atoms with Crippen molar-refractivity contribution in [1.82, 2.24) is 15.5 Å². The van der Waals surface area contributed by atoms with E-state index in [2.05, 4.69) is 76.3 Å². The average Bonchev–Trinajstić information content (AvgIpc) is 2.71. The number of nitrogens with zero attached hydrogens (tertiary/aromatic N) is 4. The van der Waals surface area contributed by atoms with Crippen LogP contribution in [0.3, 0.4) is 0 Å². The molecule has 32 heavy (non-hydrogen) atoms. The Kier molecular flexibility index (Phi) is 5.71. The smallest absolute Gasteiger partial charge is 0.151 e. The lowest BCUT2D eigenvalue weighted by molar-refractivity contribution is 0.160. The number of phenolic OH excluding ortho intramolecular Hbond substituents is 1. The van der Waals surface area contributed by atoms with Gasteiger partial charge in [-0.05, 0) is 97.4 Å². The van der Waals surface area contributed by atoms with Gasteiger partial charge >= 0.3 is 0 Å². The molecule has 0 radical (unpaired) electrons. The molecule has 7 nitrogen and oxygen atoms in total. The van der Waals surface area contributed by atoms with Gasteiger partial charge in [0, 0.05) is 35.1 Å². The minimum Gasteiger partial charge on any atom is -0.507 e. The summed E-state index contributed by atoms with van der Waals surface area (Å²) in [7, 11) is 2.06. The number of hydrogen-bond acceptors (Lipinski definition) is 7. The molecule has 3 aromatic rings. The first-order chi connectivity index (χ1) is 15.0. The summed E-state index contributed by atoms with van der Waals surface area (Å²) < 4.78 is 0.558. The van der Waals surface area contributed by atoms with Gasteiger partial charge in [0.25, 0.3) is 0 Å². The molecule has 1 aromatic heterocycles. The van der Waals surface area contributed by atoms with Gasteiger partial charge in [0.2, 0.25) is 0 Å². The van der Waals surface area contributed by atoms with Crippen LogP contribution < -0.4 is 10.2 Å². The van der Waals surface area contributed by atoms with Gasteiger partial charge in [0.05, 0.1) is 10.2 Å². The highest BCUT2D eigenvalue weighted by Gasteiger charge is 2.39. The molecule has 1 aliphatic rings. The number of aromatic hydroxyl groups is 1. The number of anilines is 1. The van der Waals surface area contributed by atoms with Gasteiger partial charge in [0.15, 0.2) is 5.82 Å². The standard InChI is InChI=1S/C24H28BrN5O2/c1-23(2)12-15(13-24(3,4)29-23)30(5)21-9-8-18(26-27-21)17-10-14-6-7-19(28-32)22(25)16(14)11-20(17)31/h6-11,15,29,31H,12-13H2,1-5H3. The SMILES string of the molecule is CN(c1ccc(-c2cc3ccc(N=O)c(Br)c3cc2O)nn1)C1CC(C)(C)NC(C)(C)C1.